The molecule has 0 bridgehead atoms. The maximum Gasteiger partial charge on any atom is 0.243 e. The summed E-state index contributed by atoms with van der Waals surface area (Å²) in [5, 5.41) is 0. The summed E-state index contributed by atoms with van der Waals surface area (Å²) < 4.78 is 27.8. The third-order valence-electron chi connectivity index (χ3n) is 7.63. The Hall–Kier alpha value is -1.44. The van der Waals surface area contributed by atoms with Crippen LogP contribution >= 0.6 is 0 Å². The van der Waals surface area contributed by atoms with Crippen molar-refractivity contribution in [1.29, 1.82) is 0 Å². The number of nitrogens with zero attached hydrogens (tertiary/aromatic N) is 3. The van der Waals surface area contributed by atoms with Crippen LogP contribution in [0.3, 0.4) is 0 Å². The zero-order chi connectivity index (χ0) is 22.4. The van der Waals surface area contributed by atoms with E-state index in [2.05, 4.69) is 25.7 Å². The van der Waals surface area contributed by atoms with Crippen LogP contribution in [0.25, 0.3) is 0 Å². The Balaban J connectivity index is 1.33. The van der Waals surface area contributed by atoms with Crippen LogP contribution in [0.15, 0.2) is 29.2 Å². The number of hydrogen-bond donors (Lipinski definition) is 0. The van der Waals surface area contributed by atoms with E-state index in [0.717, 1.165) is 31.5 Å². The van der Waals surface area contributed by atoms with Crippen LogP contribution in [0, 0.1) is 5.41 Å². The van der Waals surface area contributed by atoms with Gasteiger partial charge < -0.3 is 4.90 Å². The molecule has 1 spiro atoms. The highest BCUT2D eigenvalue weighted by molar-refractivity contribution is 7.89. The summed E-state index contributed by atoms with van der Waals surface area (Å²) in [6, 6.07) is 7.07. The average Bonchev–Trinajstić information content (AvgIpc) is 3.51. The summed E-state index contributed by atoms with van der Waals surface area (Å²) in [6.45, 7) is 12.1. The van der Waals surface area contributed by atoms with Crippen LogP contribution in [-0.4, -0.2) is 73.7 Å². The minimum Gasteiger partial charge on any atom is -0.341 e. The molecule has 0 N–H and O–H groups in total. The maximum absolute atomic E-state index is 13.1. The molecule has 1 atom stereocenters. The van der Waals surface area contributed by atoms with Gasteiger partial charge in [0.2, 0.25) is 15.9 Å². The van der Waals surface area contributed by atoms with Crippen LogP contribution in [-0.2, 0) is 20.2 Å². The molecule has 31 heavy (non-hydrogen) atoms. The summed E-state index contributed by atoms with van der Waals surface area (Å²) in [5.74, 6) is 0.199. The van der Waals surface area contributed by atoms with Crippen molar-refractivity contribution in [3.8, 4) is 0 Å². The molecule has 4 rings (SSSR count). The zero-order valence-electron chi connectivity index (χ0n) is 19.4. The molecule has 6 nitrogen and oxygen atoms in total. The van der Waals surface area contributed by atoms with Crippen LogP contribution in [0.1, 0.15) is 58.9 Å². The van der Waals surface area contributed by atoms with E-state index in [9.17, 15) is 13.2 Å². The van der Waals surface area contributed by atoms with E-state index in [1.165, 1.54) is 12.8 Å². The van der Waals surface area contributed by atoms with Crippen molar-refractivity contribution in [3.05, 3.63) is 29.8 Å². The molecular formula is C24H37N3O3S. The molecule has 2 saturated heterocycles. The Bertz CT molecular complexity index is 898. The van der Waals surface area contributed by atoms with Crippen LogP contribution in [0.4, 0.5) is 0 Å². The number of piperazine rings is 1. The van der Waals surface area contributed by atoms with Gasteiger partial charge in [0.05, 0.1) is 10.9 Å². The van der Waals surface area contributed by atoms with E-state index in [1.54, 1.807) is 16.4 Å². The Labute approximate surface area is 187 Å². The van der Waals surface area contributed by atoms with E-state index >= 15 is 0 Å². The molecular weight excluding hydrogens is 410 g/mol. The van der Waals surface area contributed by atoms with Gasteiger partial charge in [-0.3, -0.25) is 9.69 Å². The average molecular weight is 448 g/mol. The molecule has 2 aliphatic heterocycles. The number of carbonyl (C=O) groups is 1. The van der Waals surface area contributed by atoms with E-state index in [4.69, 9.17) is 0 Å². The number of hydrogen-bond acceptors (Lipinski definition) is 4. The van der Waals surface area contributed by atoms with Crippen LogP contribution in [0.2, 0.25) is 0 Å². The molecule has 1 unspecified atom stereocenters. The second-order valence-corrected chi connectivity index (χ2v) is 12.7. The van der Waals surface area contributed by atoms with Crippen molar-refractivity contribution in [3.63, 3.8) is 0 Å². The number of rotatable bonds is 4. The Kier molecular flexibility index (Phi) is 5.99. The lowest BCUT2D eigenvalue weighted by molar-refractivity contribution is -0.138. The number of carbonyl (C=O) groups excluding carboxylic acids is 1. The first-order chi connectivity index (χ1) is 14.5. The van der Waals surface area contributed by atoms with Crippen molar-refractivity contribution in [1.82, 2.24) is 14.1 Å². The Morgan fingerprint density at radius 2 is 1.45 bits per heavy atom. The predicted octanol–water partition coefficient (Wildman–Crippen LogP) is 3.08. The van der Waals surface area contributed by atoms with Gasteiger partial charge in [-0.25, -0.2) is 8.42 Å². The lowest BCUT2D eigenvalue weighted by atomic mass is 9.87. The molecule has 1 saturated carbocycles. The van der Waals surface area contributed by atoms with Gasteiger partial charge in [-0.2, -0.15) is 4.31 Å². The van der Waals surface area contributed by atoms with Gasteiger partial charge >= 0.3 is 0 Å². The number of amides is 1. The topological polar surface area (TPSA) is 60.9 Å². The molecule has 3 fully saturated rings. The minimum absolute atomic E-state index is 0.00973. The van der Waals surface area contributed by atoms with Crippen molar-refractivity contribution < 1.29 is 13.2 Å². The van der Waals surface area contributed by atoms with Gasteiger partial charge in [0.15, 0.2) is 0 Å². The number of benzene rings is 1. The highest BCUT2D eigenvalue weighted by Crippen LogP contribution is 2.53. The maximum atomic E-state index is 13.1. The minimum atomic E-state index is -3.51. The molecule has 1 aromatic rings. The molecule has 7 heteroatoms. The summed E-state index contributed by atoms with van der Waals surface area (Å²) in [5.41, 5.74) is 1.67. The fourth-order valence-corrected chi connectivity index (χ4v) is 6.33. The first kappa shape index (κ1) is 22.7. The standard InChI is InChI=1S/C24H37N3O3S/c1-19(22(28)26-13-11-24(9-10-24)12-14-26)25-15-17-27(18-16-25)31(29,30)21-7-5-20(6-8-21)23(2,3)4/h5-8,19H,9-18H2,1-4H3. The van der Waals surface area contributed by atoms with Gasteiger partial charge in [-0.15, -0.1) is 0 Å². The molecule has 0 radical (unpaired) electrons. The van der Waals surface area contributed by atoms with E-state index in [0.29, 0.717) is 36.5 Å². The molecule has 3 aliphatic rings. The van der Waals surface area contributed by atoms with Crippen molar-refractivity contribution in [2.75, 3.05) is 39.3 Å². The molecule has 1 amide bonds. The Morgan fingerprint density at radius 3 is 1.94 bits per heavy atom. The number of sulfonamides is 1. The largest absolute Gasteiger partial charge is 0.341 e. The lowest BCUT2D eigenvalue weighted by Gasteiger charge is -2.40. The molecule has 172 valence electrons. The van der Waals surface area contributed by atoms with Crippen molar-refractivity contribution >= 4 is 15.9 Å². The van der Waals surface area contributed by atoms with Crippen molar-refractivity contribution in [2.45, 2.75) is 69.7 Å². The lowest BCUT2D eigenvalue weighted by Crippen LogP contribution is -2.56. The van der Waals surface area contributed by atoms with Gasteiger partial charge in [0.1, 0.15) is 0 Å². The third kappa shape index (κ3) is 4.69. The summed E-state index contributed by atoms with van der Waals surface area (Å²) >= 11 is 0. The SMILES string of the molecule is CC(C(=O)N1CCC2(CC1)CC2)N1CCN(S(=O)(=O)c2ccc(C(C)(C)C)cc2)CC1. The molecule has 1 aromatic carbocycles. The highest BCUT2D eigenvalue weighted by Gasteiger charge is 2.45. The first-order valence-electron chi connectivity index (χ1n) is 11.7. The molecule has 2 heterocycles. The fraction of sp³-hybridized carbons (Fsp3) is 0.708. The predicted molar refractivity (Wildman–Crippen MR) is 122 cm³/mol. The summed E-state index contributed by atoms with van der Waals surface area (Å²) in [7, 11) is -3.51. The van der Waals surface area contributed by atoms with Crippen molar-refractivity contribution in [2.24, 2.45) is 5.41 Å². The zero-order valence-corrected chi connectivity index (χ0v) is 20.2. The third-order valence-corrected chi connectivity index (χ3v) is 9.54. The monoisotopic (exact) mass is 447 g/mol. The highest BCUT2D eigenvalue weighted by atomic mass is 32.2. The Morgan fingerprint density at radius 1 is 0.903 bits per heavy atom. The summed E-state index contributed by atoms with van der Waals surface area (Å²) in [6.07, 6.45) is 4.96. The van der Waals surface area contributed by atoms with E-state index in [1.807, 2.05) is 24.0 Å². The van der Waals surface area contributed by atoms with Crippen LogP contribution in [0.5, 0.6) is 0 Å². The summed E-state index contributed by atoms with van der Waals surface area (Å²) in [4.78, 5) is 17.5. The van der Waals surface area contributed by atoms with Gasteiger partial charge in [0.25, 0.3) is 0 Å². The van der Waals surface area contributed by atoms with E-state index < -0.39 is 10.0 Å². The number of piperidine rings is 1. The smallest absolute Gasteiger partial charge is 0.243 e. The van der Waals surface area contributed by atoms with Gasteiger partial charge in [-0.05, 0) is 61.1 Å². The quantitative estimate of drug-likeness (QED) is 0.712. The molecule has 0 aromatic heterocycles. The van der Waals surface area contributed by atoms with Crippen LogP contribution < -0.4 is 0 Å². The fourth-order valence-electron chi connectivity index (χ4n) is 4.91. The second-order valence-electron chi connectivity index (χ2n) is 10.7. The first-order valence-corrected chi connectivity index (χ1v) is 13.1. The van der Waals surface area contributed by atoms with E-state index in [-0.39, 0.29) is 17.4 Å². The van der Waals surface area contributed by atoms with Gasteiger partial charge in [0, 0.05) is 39.3 Å². The number of likely N-dealkylation sites (tertiary alicyclic amines) is 1. The van der Waals surface area contributed by atoms with Gasteiger partial charge in [-0.1, -0.05) is 32.9 Å². The molecule has 1 aliphatic carbocycles. The second kappa shape index (κ2) is 8.16. The normalized spacial score (nSPS) is 23.7.